The third-order valence-corrected chi connectivity index (χ3v) is 6.55. The Hall–Kier alpha value is -2.51. The van der Waals surface area contributed by atoms with E-state index in [-0.39, 0.29) is 6.04 Å². The summed E-state index contributed by atoms with van der Waals surface area (Å²) in [5.74, 6) is 1.16. The standard InChI is InChI=1S/C24H33N5O2/c1-16-12-19(10-11-25-16)21-13-22(18-6-8-20(31-5)9-7-18)29-23(21)14-26-24(27-29)28(3)17(2)15-30-4/h10-14,17-18,20H,6-9,15H2,1-5H3/t17?,18-,20-. The SMILES string of the molecule is COCC(C)N(C)c1ncc2c(-c3ccnc(C)c3)cc([C@H]3CC[C@H](OC)CC3)n2n1. The maximum Gasteiger partial charge on any atom is 0.243 e. The number of ether oxygens (including phenoxy) is 2. The minimum Gasteiger partial charge on any atom is -0.383 e. The Labute approximate surface area is 184 Å². The van der Waals surface area contributed by atoms with Crippen LogP contribution < -0.4 is 4.90 Å². The van der Waals surface area contributed by atoms with E-state index in [9.17, 15) is 0 Å². The van der Waals surface area contributed by atoms with Crippen molar-refractivity contribution in [1.29, 1.82) is 0 Å². The number of hydrogen-bond donors (Lipinski definition) is 0. The summed E-state index contributed by atoms with van der Waals surface area (Å²) in [6.07, 6.45) is 8.57. The Morgan fingerprint density at radius 2 is 1.94 bits per heavy atom. The molecule has 3 aromatic heterocycles. The van der Waals surface area contributed by atoms with Crippen LogP contribution >= 0.6 is 0 Å². The number of nitrogens with zero attached hydrogens (tertiary/aromatic N) is 5. The van der Waals surface area contributed by atoms with E-state index in [1.54, 1.807) is 7.11 Å². The van der Waals surface area contributed by atoms with Gasteiger partial charge in [-0.3, -0.25) is 4.98 Å². The molecule has 0 N–H and O–H groups in total. The summed E-state index contributed by atoms with van der Waals surface area (Å²) < 4.78 is 13.0. The molecule has 0 saturated heterocycles. The van der Waals surface area contributed by atoms with Crippen molar-refractivity contribution >= 4 is 11.5 Å². The molecule has 1 aliphatic rings. The Morgan fingerprint density at radius 3 is 2.61 bits per heavy atom. The van der Waals surface area contributed by atoms with Crippen LogP contribution in [-0.4, -0.2) is 59.6 Å². The highest BCUT2D eigenvalue weighted by Crippen LogP contribution is 2.38. The van der Waals surface area contributed by atoms with E-state index in [1.165, 1.54) is 5.69 Å². The van der Waals surface area contributed by atoms with Gasteiger partial charge in [-0.25, -0.2) is 9.50 Å². The number of hydrogen-bond acceptors (Lipinski definition) is 6. The van der Waals surface area contributed by atoms with Crippen LogP contribution in [0.1, 0.15) is 49.9 Å². The topological polar surface area (TPSA) is 64.8 Å². The molecule has 0 spiro atoms. The summed E-state index contributed by atoms with van der Waals surface area (Å²) in [5.41, 5.74) is 5.61. The molecule has 1 fully saturated rings. The molecule has 3 aromatic rings. The molecule has 0 bridgehead atoms. The second kappa shape index (κ2) is 9.32. The van der Waals surface area contributed by atoms with Crippen molar-refractivity contribution in [2.75, 3.05) is 32.8 Å². The highest BCUT2D eigenvalue weighted by Gasteiger charge is 2.27. The normalized spacial score (nSPS) is 20.2. The number of aromatic nitrogens is 4. The van der Waals surface area contributed by atoms with E-state index < -0.39 is 0 Å². The number of pyridine rings is 1. The van der Waals surface area contributed by atoms with Crippen LogP contribution in [0, 0.1) is 6.92 Å². The lowest BCUT2D eigenvalue weighted by Crippen LogP contribution is -2.34. The minimum atomic E-state index is 0.181. The van der Waals surface area contributed by atoms with Crippen LogP contribution in [0.25, 0.3) is 16.6 Å². The third kappa shape index (κ3) is 4.43. The van der Waals surface area contributed by atoms with Gasteiger partial charge in [-0.15, -0.1) is 5.10 Å². The highest BCUT2D eigenvalue weighted by molar-refractivity contribution is 5.81. The lowest BCUT2D eigenvalue weighted by Gasteiger charge is -2.28. The van der Waals surface area contributed by atoms with Gasteiger partial charge in [-0.2, -0.15) is 0 Å². The first kappa shape index (κ1) is 21.7. The lowest BCUT2D eigenvalue weighted by molar-refractivity contribution is 0.0653. The molecular weight excluding hydrogens is 390 g/mol. The van der Waals surface area contributed by atoms with E-state index in [2.05, 4.69) is 39.5 Å². The Balaban J connectivity index is 1.79. The number of fused-ring (bicyclic) bond motifs is 1. The summed E-state index contributed by atoms with van der Waals surface area (Å²) in [4.78, 5) is 11.1. The summed E-state index contributed by atoms with van der Waals surface area (Å²) in [7, 11) is 5.56. The predicted octanol–water partition coefficient (Wildman–Crippen LogP) is 4.24. The van der Waals surface area contributed by atoms with Crippen molar-refractivity contribution in [3.63, 3.8) is 0 Å². The van der Waals surface area contributed by atoms with Crippen LogP contribution in [0.3, 0.4) is 0 Å². The van der Waals surface area contributed by atoms with Gasteiger partial charge >= 0.3 is 0 Å². The van der Waals surface area contributed by atoms with Gasteiger partial charge in [-0.1, -0.05) is 0 Å². The summed E-state index contributed by atoms with van der Waals surface area (Å²) in [6.45, 7) is 4.76. The van der Waals surface area contributed by atoms with Crippen LogP contribution in [-0.2, 0) is 9.47 Å². The molecule has 1 saturated carbocycles. The van der Waals surface area contributed by atoms with Crippen molar-refractivity contribution in [2.45, 2.75) is 57.6 Å². The molecule has 0 amide bonds. The van der Waals surface area contributed by atoms with Crippen molar-refractivity contribution in [2.24, 2.45) is 0 Å². The van der Waals surface area contributed by atoms with Crippen LogP contribution in [0.5, 0.6) is 0 Å². The monoisotopic (exact) mass is 423 g/mol. The highest BCUT2D eigenvalue weighted by atomic mass is 16.5. The van der Waals surface area contributed by atoms with E-state index in [1.807, 2.05) is 33.5 Å². The van der Waals surface area contributed by atoms with Gasteiger partial charge in [0.05, 0.1) is 30.5 Å². The number of anilines is 1. The molecule has 4 rings (SSSR count). The number of likely N-dealkylation sites (N-methyl/N-ethyl adjacent to an activating group) is 1. The van der Waals surface area contributed by atoms with Crippen molar-refractivity contribution in [3.8, 4) is 11.1 Å². The van der Waals surface area contributed by atoms with Gasteiger partial charge < -0.3 is 14.4 Å². The van der Waals surface area contributed by atoms with Crippen LogP contribution in [0.2, 0.25) is 0 Å². The fraction of sp³-hybridized carbons (Fsp3) is 0.542. The molecule has 0 aliphatic heterocycles. The largest absolute Gasteiger partial charge is 0.383 e. The third-order valence-electron chi connectivity index (χ3n) is 6.55. The first-order chi connectivity index (χ1) is 15.0. The molecule has 0 radical (unpaired) electrons. The Morgan fingerprint density at radius 1 is 1.16 bits per heavy atom. The van der Waals surface area contributed by atoms with E-state index in [0.717, 1.165) is 48.0 Å². The van der Waals surface area contributed by atoms with Crippen molar-refractivity contribution in [3.05, 3.63) is 42.0 Å². The van der Waals surface area contributed by atoms with Gasteiger partial charge in [0.25, 0.3) is 0 Å². The fourth-order valence-electron chi connectivity index (χ4n) is 4.55. The number of methoxy groups -OCH3 is 2. The second-order valence-corrected chi connectivity index (χ2v) is 8.65. The summed E-state index contributed by atoms with van der Waals surface area (Å²) in [6, 6.07) is 6.68. The first-order valence-corrected chi connectivity index (χ1v) is 11.1. The van der Waals surface area contributed by atoms with Gasteiger partial charge in [0.1, 0.15) is 0 Å². The first-order valence-electron chi connectivity index (χ1n) is 11.1. The van der Waals surface area contributed by atoms with Gasteiger partial charge in [-0.05, 0) is 63.3 Å². The zero-order chi connectivity index (χ0) is 22.0. The smallest absolute Gasteiger partial charge is 0.243 e. The molecular formula is C24H33N5O2. The Bertz CT molecular complexity index is 1030. The average Bonchev–Trinajstić information content (AvgIpc) is 3.17. The lowest BCUT2D eigenvalue weighted by atomic mass is 9.85. The van der Waals surface area contributed by atoms with Gasteiger partial charge in [0.2, 0.25) is 5.95 Å². The molecule has 7 nitrogen and oxygen atoms in total. The quantitative estimate of drug-likeness (QED) is 0.566. The zero-order valence-corrected chi connectivity index (χ0v) is 19.2. The molecule has 166 valence electrons. The molecule has 7 heteroatoms. The second-order valence-electron chi connectivity index (χ2n) is 8.65. The Kier molecular flexibility index (Phi) is 6.53. The van der Waals surface area contributed by atoms with Gasteiger partial charge in [0.15, 0.2) is 0 Å². The molecule has 1 unspecified atom stereocenters. The van der Waals surface area contributed by atoms with E-state index >= 15 is 0 Å². The average molecular weight is 424 g/mol. The molecule has 31 heavy (non-hydrogen) atoms. The predicted molar refractivity (Wildman–Crippen MR) is 123 cm³/mol. The zero-order valence-electron chi connectivity index (χ0n) is 19.2. The van der Waals surface area contributed by atoms with E-state index in [4.69, 9.17) is 19.6 Å². The molecule has 1 atom stereocenters. The maximum atomic E-state index is 5.59. The fourth-order valence-corrected chi connectivity index (χ4v) is 4.55. The molecule has 1 aliphatic carbocycles. The molecule has 3 heterocycles. The number of aryl methyl sites for hydroxylation is 1. The summed E-state index contributed by atoms with van der Waals surface area (Å²) in [5, 5.41) is 4.99. The van der Waals surface area contributed by atoms with Crippen LogP contribution in [0.15, 0.2) is 30.6 Å². The minimum absolute atomic E-state index is 0.181. The van der Waals surface area contributed by atoms with E-state index in [0.29, 0.717) is 24.6 Å². The maximum absolute atomic E-state index is 5.59. The van der Waals surface area contributed by atoms with Crippen molar-refractivity contribution in [1.82, 2.24) is 19.6 Å². The number of rotatable bonds is 7. The van der Waals surface area contributed by atoms with Crippen LogP contribution in [0.4, 0.5) is 5.95 Å². The molecule has 0 aromatic carbocycles. The van der Waals surface area contributed by atoms with Crippen molar-refractivity contribution < 1.29 is 9.47 Å². The summed E-state index contributed by atoms with van der Waals surface area (Å²) >= 11 is 0. The van der Waals surface area contributed by atoms with Gasteiger partial charge in [0, 0.05) is 50.3 Å².